The van der Waals surface area contributed by atoms with Crippen LogP contribution in [0, 0.1) is 0 Å². The van der Waals surface area contributed by atoms with Gasteiger partial charge in [-0.2, -0.15) is 0 Å². The van der Waals surface area contributed by atoms with E-state index in [4.69, 9.17) is 13.9 Å². The summed E-state index contributed by atoms with van der Waals surface area (Å²) in [6, 6.07) is 7.09. The van der Waals surface area contributed by atoms with E-state index < -0.39 is 5.63 Å². The van der Waals surface area contributed by atoms with Crippen LogP contribution in [-0.4, -0.2) is 19.7 Å². The molecule has 2 aromatic rings. The third-order valence-electron chi connectivity index (χ3n) is 2.92. The number of aryl methyl sites for hydroxylation is 1. The van der Waals surface area contributed by atoms with Crippen LogP contribution >= 0.6 is 0 Å². The average Bonchev–Trinajstić information content (AvgIpc) is 2.44. The van der Waals surface area contributed by atoms with Crippen LogP contribution in [0.4, 0.5) is 0 Å². The molecular weight excluding hydrogens is 260 g/mol. The largest absolute Gasteiger partial charge is 0.493 e. The smallest absolute Gasteiger partial charge is 0.339 e. The number of benzene rings is 1. The van der Waals surface area contributed by atoms with E-state index in [1.807, 2.05) is 12.1 Å². The van der Waals surface area contributed by atoms with Gasteiger partial charge in [0, 0.05) is 17.4 Å². The zero-order chi connectivity index (χ0) is 14.5. The van der Waals surface area contributed by atoms with E-state index in [0.717, 1.165) is 5.39 Å². The highest BCUT2D eigenvalue weighted by atomic mass is 16.5. The third-order valence-corrected chi connectivity index (χ3v) is 2.92. The highest BCUT2D eigenvalue weighted by Crippen LogP contribution is 2.24. The topological polar surface area (TPSA) is 65.7 Å². The fraction of sp³-hybridized carbons (Fsp3) is 0.333. The van der Waals surface area contributed by atoms with Crippen molar-refractivity contribution >= 4 is 16.9 Å². The van der Waals surface area contributed by atoms with Crippen molar-refractivity contribution in [2.45, 2.75) is 19.8 Å². The molecular formula is C15H16O5. The molecule has 0 N–H and O–H groups in total. The molecule has 0 aliphatic carbocycles. The highest BCUT2D eigenvalue weighted by molar-refractivity contribution is 5.82. The Balaban J connectivity index is 2.29. The van der Waals surface area contributed by atoms with Crippen molar-refractivity contribution in [2.24, 2.45) is 0 Å². The van der Waals surface area contributed by atoms with Crippen molar-refractivity contribution in [1.82, 2.24) is 0 Å². The van der Waals surface area contributed by atoms with Gasteiger partial charge in [-0.1, -0.05) is 12.1 Å². The lowest BCUT2D eigenvalue weighted by atomic mass is 10.1. The fourth-order valence-electron chi connectivity index (χ4n) is 1.97. The number of fused-ring (bicyclic) bond motifs is 1. The van der Waals surface area contributed by atoms with Crippen LogP contribution in [0.25, 0.3) is 11.0 Å². The molecule has 0 saturated carbocycles. The van der Waals surface area contributed by atoms with Gasteiger partial charge in [0.1, 0.15) is 0 Å². The molecule has 1 aromatic heterocycles. The van der Waals surface area contributed by atoms with Gasteiger partial charge in [0.25, 0.3) is 0 Å². The van der Waals surface area contributed by atoms with Gasteiger partial charge in [-0.05, 0) is 25.5 Å². The van der Waals surface area contributed by atoms with Crippen molar-refractivity contribution in [3.63, 3.8) is 0 Å². The number of carbonyl (C=O) groups is 1. The van der Waals surface area contributed by atoms with E-state index in [1.165, 1.54) is 7.11 Å². The molecule has 20 heavy (non-hydrogen) atoms. The predicted octanol–water partition coefficient (Wildman–Crippen LogP) is 2.30. The highest BCUT2D eigenvalue weighted by Gasteiger charge is 2.11. The quantitative estimate of drug-likeness (QED) is 0.619. The molecule has 0 spiro atoms. The number of esters is 1. The lowest BCUT2D eigenvalue weighted by molar-refractivity contribution is -0.143. The standard InChI is InChI=1S/C15H16O5/c1-3-19-13(16)8-7-11-9-10-5-4-6-12(18-2)14(10)20-15(11)17/h4-6,9H,3,7-8H2,1-2H3. The van der Waals surface area contributed by atoms with E-state index in [-0.39, 0.29) is 12.4 Å². The summed E-state index contributed by atoms with van der Waals surface area (Å²) in [5, 5.41) is 0.766. The van der Waals surface area contributed by atoms with Gasteiger partial charge in [0.15, 0.2) is 11.3 Å². The SMILES string of the molecule is CCOC(=O)CCc1cc2cccc(OC)c2oc1=O. The molecule has 2 rings (SSSR count). The first-order chi connectivity index (χ1) is 9.65. The van der Waals surface area contributed by atoms with Crippen molar-refractivity contribution in [2.75, 3.05) is 13.7 Å². The summed E-state index contributed by atoms with van der Waals surface area (Å²) in [5.74, 6) is 0.189. The maximum atomic E-state index is 11.9. The van der Waals surface area contributed by atoms with Crippen molar-refractivity contribution in [1.29, 1.82) is 0 Å². The number of ether oxygens (including phenoxy) is 2. The van der Waals surface area contributed by atoms with Crippen LogP contribution in [0.3, 0.4) is 0 Å². The Morgan fingerprint density at radius 3 is 2.85 bits per heavy atom. The molecule has 0 aliphatic rings. The van der Waals surface area contributed by atoms with Gasteiger partial charge in [-0.3, -0.25) is 4.79 Å². The zero-order valence-electron chi connectivity index (χ0n) is 11.5. The molecule has 0 amide bonds. The summed E-state index contributed by atoms with van der Waals surface area (Å²) in [6.07, 6.45) is 0.461. The van der Waals surface area contributed by atoms with E-state index >= 15 is 0 Å². The summed E-state index contributed by atoms with van der Waals surface area (Å²) >= 11 is 0. The molecule has 5 nitrogen and oxygen atoms in total. The Hall–Kier alpha value is -2.30. The fourth-order valence-corrected chi connectivity index (χ4v) is 1.97. The summed E-state index contributed by atoms with van der Waals surface area (Å²) in [7, 11) is 1.52. The number of carbonyl (C=O) groups excluding carboxylic acids is 1. The third kappa shape index (κ3) is 2.99. The molecule has 0 radical (unpaired) electrons. The Labute approximate surface area is 116 Å². The van der Waals surface area contributed by atoms with Crippen molar-refractivity contribution in [3.8, 4) is 5.75 Å². The number of hydrogen-bond donors (Lipinski definition) is 0. The summed E-state index contributed by atoms with van der Waals surface area (Å²) in [6.45, 7) is 2.08. The maximum Gasteiger partial charge on any atom is 0.339 e. The first-order valence-corrected chi connectivity index (χ1v) is 6.41. The van der Waals surface area contributed by atoms with Crippen LogP contribution in [0.15, 0.2) is 33.5 Å². The molecule has 0 saturated heterocycles. The van der Waals surface area contributed by atoms with Crippen LogP contribution < -0.4 is 10.4 Å². The second-order valence-electron chi connectivity index (χ2n) is 4.24. The van der Waals surface area contributed by atoms with Crippen molar-refractivity contribution < 1.29 is 18.7 Å². The summed E-state index contributed by atoms with van der Waals surface area (Å²) < 4.78 is 15.3. The monoisotopic (exact) mass is 276 g/mol. The Morgan fingerprint density at radius 1 is 1.35 bits per heavy atom. The molecule has 1 heterocycles. The van der Waals surface area contributed by atoms with Crippen LogP contribution in [0.1, 0.15) is 18.9 Å². The lowest BCUT2D eigenvalue weighted by Gasteiger charge is -2.05. The van der Waals surface area contributed by atoms with Gasteiger partial charge >= 0.3 is 11.6 Å². The van der Waals surface area contributed by atoms with Crippen LogP contribution in [-0.2, 0) is 16.0 Å². The predicted molar refractivity (Wildman–Crippen MR) is 74.0 cm³/mol. The normalized spacial score (nSPS) is 10.5. The minimum Gasteiger partial charge on any atom is -0.493 e. The van der Waals surface area contributed by atoms with Crippen LogP contribution in [0.5, 0.6) is 5.75 Å². The maximum absolute atomic E-state index is 11.9. The molecule has 106 valence electrons. The number of para-hydroxylation sites is 1. The van der Waals surface area contributed by atoms with E-state index in [1.54, 1.807) is 19.1 Å². The Bertz CT molecular complexity index is 672. The number of methoxy groups -OCH3 is 1. The van der Waals surface area contributed by atoms with Gasteiger partial charge in [-0.25, -0.2) is 4.79 Å². The zero-order valence-corrected chi connectivity index (χ0v) is 11.5. The molecule has 0 unspecified atom stereocenters. The minimum absolute atomic E-state index is 0.161. The second-order valence-corrected chi connectivity index (χ2v) is 4.24. The molecule has 1 aromatic carbocycles. The number of rotatable bonds is 5. The minimum atomic E-state index is -0.453. The van der Waals surface area contributed by atoms with E-state index in [9.17, 15) is 9.59 Å². The summed E-state index contributed by atoms with van der Waals surface area (Å²) in [5.41, 5.74) is 0.421. The van der Waals surface area contributed by atoms with E-state index in [2.05, 4.69) is 0 Å². The van der Waals surface area contributed by atoms with Crippen LogP contribution in [0.2, 0.25) is 0 Å². The lowest BCUT2D eigenvalue weighted by Crippen LogP contribution is -2.11. The molecule has 0 fully saturated rings. The van der Waals surface area contributed by atoms with Gasteiger partial charge < -0.3 is 13.9 Å². The Kier molecular flexibility index (Phi) is 4.40. The molecule has 5 heteroatoms. The molecule has 0 bridgehead atoms. The Morgan fingerprint density at radius 2 is 2.15 bits per heavy atom. The van der Waals surface area contributed by atoms with Crippen molar-refractivity contribution in [3.05, 3.63) is 40.2 Å². The molecule has 0 atom stereocenters. The molecule has 0 aliphatic heterocycles. The van der Waals surface area contributed by atoms with E-state index in [0.29, 0.717) is 29.9 Å². The summed E-state index contributed by atoms with van der Waals surface area (Å²) in [4.78, 5) is 23.2. The second kappa shape index (κ2) is 6.23. The average molecular weight is 276 g/mol. The first kappa shape index (κ1) is 14.1. The van der Waals surface area contributed by atoms with Gasteiger partial charge in [0.05, 0.1) is 13.7 Å². The van der Waals surface area contributed by atoms with Gasteiger partial charge in [0.2, 0.25) is 0 Å². The number of hydrogen-bond acceptors (Lipinski definition) is 5. The first-order valence-electron chi connectivity index (χ1n) is 6.41. The van der Waals surface area contributed by atoms with Gasteiger partial charge in [-0.15, -0.1) is 0 Å².